The highest BCUT2D eigenvalue weighted by Gasteiger charge is 2.44. The van der Waals surface area contributed by atoms with E-state index in [-0.39, 0.29) is 24.2 Å². The summed E-state index contributed by atoms with van der Waals surface area (Å²) in [6, 6.07) is 0. The largest absolute Gasteiger partial charge is 0.481 e. The van der Waals surface area contributed by atoms with Gasteiger partial charge in [0, 0.05) is 25.6 Å². The zero-order valence-corrected chi connectivity index (χ0v) is 13.0. The van der Waals surface area contributed by atoms with Gasteiger partial charge >= 0.3 is 5.97 Å². The van der Waals surface area contributed by atoms with Gasteiger partial charge in [-0.15, -0.1) is 0 Å². The lowest BCUT2D eigenvalue weighted by atomic mass is 9.94. The first-order chi connectivity index (χ1) is 9.77. The van der Waals surface area contributed by atoms with Crippen molar-refractivity contribution in [2.75, 3.05) is 19.6 Å². The van der Waals surface area contributed by atoms with Crippen LogP contribution in [-0.4, -0.2) is 57.9 Å². The number of nitrogens with zero attached hydrogens (tertiary/aromatic N) is 2. The Hall–Kier alpha value is -1.59. The SMILES string of the molecule is CC[C@@H](C(=O)O)C(=O)N1CCN(C(=O)C2CC2)CC1(C)C. The van der Waals surface area contributed by atoms with Crippen molar-refractivity contribution in [3.8, 4) is 0 Å². The van der Waals surface area contributed by atoms with E-state index in [4.69, 9.17) is 5.11 Å². The van der Waals surface area contributed by atoms with Gasteiger partial charge in [0.2, 0.25) is 11.8 Å². The summed E-state index contributed by atoms with van der Waals surface area (Å²) in [5.74, 6) is -2.05. The van der Waals surface area contributed by atoms with E-state index in [2.05, 4.69) is 0 Å². The highest BCUT2D eigenvalue weighted by molar-refractivity contribution is 5.97. The Morgan fingerprint density at radius 2 is 1.86 bits per heavy atom. The van der Waals surface area contributed by atoms with E-state index in [0.717, 1.165) is 12.8 Å². The second-order valence-corrected chi connectivity index (χ2v) is 6.64. The highest BCUT2D eigenvalue weighted by Crippen LogP contribution is 2.33. The molecule has 2 aliphatic rings. The zero-order chi connectivity index (χ0) is 15.8. The van der Waals surface area contributed by atoms with Crippen molar-refractivity contribution in [3.05, 3.63) is 0 Å². The van der Waals surface area contributed by atoms with Crippen LogP contribution in [0.25, 0.3) is 0 Å². The van der Waals surface area contributed by atoms with Crippen LogP contribution in [0, 0.1) is 11.8 Å². The van der Waals surface area contributed by atoms with Crippen LogP contribution in [0.2, 0.25) is 0 Å². The topological polar surface area (TPSA) is 77.9 Å². The molecule has 1 aliphatic carbocycles. The lowest BCUT2D eigenvalue weighted by molar-refractivity contribution is -0.158. The molecule has 21 heavy (non-hydrogen) atoms. The predicted octanol–water partition coefficient (Wildman–Crippen LogP) is 0.957. The molecule has 6 heteroatoms. The maximum Gasteiger partial charge on any atom is 0.316 e. The van der Waals surface area contributed by atoms with Crippen LogP contribution in [0.1, 0.15) is 40.0 Å². The molecule has 0 aromatic heterocycles. The van der Waals surface area contributed by atoms with Crippen molar-refractivity contribution >= 4 is 17.8 Å². The van der Waals surface area contributed by atoms with Gasteiger partial charge in [-0.3, -0.25) is 14.4 Å². The fourth-order valence-corrected chi connectivity index (χ4v) is 2.98. The molecule has 6 nitrogen and oxygen atoms in total. The fourth-order valence-electron chi connectivity index (χ4n) is 2.98. The maximum absolute atomic E-state index is 12.5. The summed E-state index contributed by atoms with van der Waals surface area (Å²) in [6.07, 6.45) is 2.22. The Kier molecular flexibility index (Phi) is 4.25. The van der Waals surface area contributed by atoms with Crippen LogP contribution in [0.3, 0.4) is 0 Å². The quantitative estimate of drug-likeness (QED) is 0.784. The fraction of sp³-hybridized carbons (Fsp3) is 0.800. The standard InChI is InChI=1S/C15H24N2O4/c1-4-11(14(20)21)13(19)17-8-7-16(9-15(17,2)3)12(18)10-5-6-10/h10-11H,4-9H2,1-3H3,(H,20,21)/t11-/m1/s1. The van der Waals surface area contributed by atoms with Gasteiger partial charge in [0.15, 0.2) is 0 Å². The molecule has 0 aromatic rings. The molecular formula is C15H24N2O4. The number of hydrogen-bond donors (Lipinski definition) is 1. The van der Waals surface area contributed by atoms with E-state index in [1.807, 2.05) is 18.7 Å². The van der Waals surface area contributed by atoms with Gasteiger partial charge in [-0.2, -0.15) is 0 Å². The van der Waals surface area contributed by atoms with Crippen molar-refractivity contribution < 1.29 is 19.5 Å². The zero-order valence-electron chi connectivity index (χ0n) is 13.0. The highest BCUT2D eigenvalue weighted by atomic mass is 16.4. The Morgan fingerprint density at radius 1 is 1.24 bits per heavy atom. The number of carbonyl (C=O) groups excluding carboxylic acids is 2. The Bertz CT molecular complexity index is 457. The molecule has 2 fully saturated rings. The summed E-state index contributed by atoms with van der Waals surface area (Å²) >= 11 is 0. The first-order valence-electron chi connectivity index (χ1n) is 7.61. The maximum atomic E-state index is 12.5. The molecule has 0 radical (unpaired) electrons. The smallest absolute Gasteiger partial charge is 0.316 e. The number of carbonyl (C=O) groups is 3. The van der Waals surface area contributed by atoms with E-state index in [9.17, 15) is 14.4 Å². The van der Waals surface area contributed by atoms with Crippen molar-refractivity contribution in [2.24, 2.45) is 11.8 Å². The number of carboxylic acids is 1. The third-order valence-corrected chi connectivity index (χ3v) is 4.41. The third-order valence-electron chi connectivity index (χ3n) is 4.41. The van der Waals surface area contributed by atoms with Crippen LogP contribution in [0.4, 0.5) is 0 Å². The van der Waals surface area contributed by atoms with Crippen molar-refractivity contribution in [2.45, 2.75) is 45.6 Å². The summed E-state index contributed by atoms with van der Waals surface area (Å²) in [7, 11) is 0. The molecule has 1 N–H and O–H groups in total. The van der Waals surface area contributed by atoms with Crippen molar-refractivity contribution in [1.82, 2.24) is 9.80 Å². The lowest BCUT2D eigenvalue weighted by Gasteiger charge is -2.47. The molecule has 0 unspecified atom stereocenters. The third kappa shape index (κ3) is 3.19. The summed E-state index contributed by atoms with van der Waals surface area (Å²) < 4.78 is 0. The molecule has 1 saturated heterocycles. The first-order valence-corrected chi connectivity index (χ1v) is 7.61. The van der Waals surface area contributed by atoms with E-state index in [1.165, 1.54) is 0 Å². The van der Waals surface area contributed by atoms with Crippen LogP contribution in [-0.2, 0) is 14.4 Å². The number of piperazine rings is 1. The van der Waals surface area contributed by atoms with Gasteiger partial charge in [-0.25, -0.2) is 0 Å². The second-order valence-electron chi connectivity index (χ2n) is 6.64. The molecular weight excluding hydrogens is 272 g/mol. The van der Waals surface area contributed by atoms with Crippen LogP contribution in [0.15, 0.2) is 0 Å². The summed E-state index contributed by atoms with van der Waals surface area (Å²) in [4.78, 5) is 39.2. The minimum atomic E-state index is -1.07. The Balaban J connectivity index is 2.07. The van der Waals surface area contributed by atoms with Crippen molar-refractivity contribution in [1.29, 1.82) is 0 Å². The van der Waals surface area contributed by atoms with Gasteiger partial charge in [-0.1, -0.05) is 6.92 Å². The van der Waals surface area contributed by atoms with Crippen LogP contribution < -0.4 is 0 Å². The average Bonchev–Trinajstić information content (AvgIpc) is 3.20. The average molecular weight is 296 g/mol. The predicted molar refractivity (Wildman–Crippen MR) is 76.5 cm³/mol. The molecule has 0 spiro atoms. The number of rotatable bonds is 4. The molecule has 1 aliphatic heterocycles. The Labute approximate surface area is 125 Å². The van der Waals surface area contributed by atoms with E-state index in [0.29, 0.717) is 19.6 Å². The van der Waals surface area contributed by atoms with Crippen molar-refractivity contribution in [3.63, 3.8) is 0 Å². The van der Waals surface area contributed by atoms with Gasteiger partial charge in [0.25, 0.3) is 0 Å². The molecule has 0 aromatic carbocycles. The van der Waals surface area contributed by atoms with Gasteiger partial charge in [0.05, 0.1) is 5.54 Å². The van der Waals surface area contributed by atoms with Crippen LogP contribution >= 0.6 is 0 Å². The number of aliphatic carboxylic acids is 1. The van der Waals surface area contributed by atoms with E-state index < -0.39 is 17.4 Å². The Morgan fingerprint density at radius 3 is 2.29 bits per heavy atom. The second kappa shape index (κ2) is 5.66. The molecule has 118 valence electrons. The normalized spacial score (nSPS) is 22.8. The van der Waals surface area contributed by atoms with Gasteiger partial charge in [0.1, 0.15) is 5.92 Å². The molecule has 2 rings (SSSR count). The monoisotopic (exact) mass is 296 g/mol. The summed E-state index contributed by atoms with van der Waals surface area (Å²) in [5.41, 5.74) is -0.525. The van der Waals surface area contributed by atoms with E-state index in [1.54, 1.807) is 11.8 Å². The number of hydrogen-bond acceptors (Lipinski definition) is 3. The number of carboxylic acid groups (broad SMARTS) is 1. The lowest BCUT2D eigenvalue weighted by Crippen LogP contribution is -2.63. The molecule has 0 bridgehead atoms. The van der Waals surface area contributed by atoms with Gasteiger partial charge in [-0.05, 0) is 33.1 Å². The van der Waals surface area contributed by atoms with E-state index >= 15 is 0 Å². The minimum Gasteiger partial charge on any atom is -0.481 e. The van der Waals surface area contributed by atoms with Crippen LogP contribution in [0.5, 0.6) is 0 Å². The summed E-state index contributed by atoms with van der Waals surface area (Å²) in [6.45, 7) is 6.88. The number of amides is 2. The molecule has 1 atom stereocenters. The minimum absolute atomic E-state index is 0.172. The molecule has 1 saturated carbocycles. The summed E-state index contributed by atoms with van der Waals surface area (Å²) in [5, 5.41) is 9.15. The molecule has 2 amide bonds. The first kappa shape index (κ1) is 15.8. The molecule has 1 heterocycles. The van der Waals surface area contributed by atoms with Gasteiger partial charge < -0.3 is 14.9 Å².